The van der Waals surface area contributed by atoms with Crippen molar-refractivity contribution in [3.8, 4) is 0 Å². The molecule has 2 saturated carbocycles. The molecule has 2 aliphatic carbocycles. The maximum atomic E-state index is 6.15. The molecule has 104 valence electrons. The van der Waals surface area contributed by atoms with E-state index in [0.717, 1.165) is 43.1 Å². The van der Waals surface area contributed by atoms with Crippen LogP contribution in [0.25, 0.3) is 0 Å². The van der Waals surface area contributed by atoms with Crippen molar-refractivity contribution in [3.63, 3.8) is 0 Å². The summed E-state index contributed by atoms with van der Waals surface area (Å²) in [7, 11) is 0. The highest BCUT2D eigenvalue weighted by molar-refractivity contribution is 5.32. The molecule has 4 rings (SSSR count). The molecule has 0 spiro atoms. The normalized spacial score (nSPS) is 41.4. The van der Waals surface area contributed by atoms with Gasteiger partial charge in [0.2, 0.25) is 5.95 Å². The van der Waals surface area contributed by atoms with Crippen LogP contribution in [0.1, 0.15) is 44.3 Å². The zero-order valence-electron chi connectivity index (χ0n) is 11.5. The first kappa shape index (κ1) is 11.7. The van der Waals surface area contributed by atoms with E-state index in [4.69, 9.17) is 10.7 Å². The summed E-state index contributed by atoms with van der Waals surface area (Å²) in [6, 6.07) is 0.246. The van der Waals surface area contributed by atoms with E-state index in [9.17, 15) is 0 Å². The second-order valence-corrected chi connectivity index (χ2v) is 6.68. The van der Waals surface area contributed by atoms with Crippen molar-refractivity contribution >= 4 is 5.95 Å². The van der Waals surface area contributed by atoms with Gasteiger partial charge < -0.3 is 10.6 Å². The van der Waals surface area contributed by atoms with Crippen LogP contribution in [0.4, 0.5) is 5.95 Å². The Morgan fingerprint density at radius 3 is 2.79 bits per heavy atom. The summed E-state index contributed by atoms with van der Waals surface area (Å²) in [6.07, 6.45) is 5.32. The van der Waals surface area contributed by atoms with Gasteiger partial charge in [0.15, 0.2) is 0 Å². The highest BCUT2D eigenvalue weighted by Gasteiger charge is 2.55. The number of H-pyrrole nitrogens is 1. The van der Waals surface area contributed by atoms with Gasteiger partial charge in [0.1, 0.15) is 5.82 Å². The molecule has 2 heterocycles. The lowest BCUT2D eigenvalue weighted by molar-refractivity contribution is 0.376. The predicted molar refractivity (Wildman–Crippen MR) is 73.9 cm³/mol. The zero-order chi connectivity index (χ0) is 13.0. The molecule has 19 heavy (non-hydrogen) atoms. The molecule has 4 atom stereocenters. The molecular formula is C14H23N5. The quantitative estimate of drug-likeness (QED) is 0.846. The number of nitrogens with two attached hydrogens (primary N) is 1. The van der Waals surface area contributed by atoms with Crippen molar-refractivity contribution in [2.45, 2.75) is 44.6 Å². The number of aromatic amines is 1. The fourth-order valence-corrected chi connectivity index (χ4v) is 4.06. The molecule has 1 aromatic heterocycles. The van der Waals surface area contributed by atoms with E-state index < -0.39 is 0 Å². The standard InChI is InChI=1S/C14H23N5/c1-8-5-6-19(7-11(8)15)14-16-13(17-18-14)12-9-3-2-4-10(9)12/h8-12H,2-7,15H2,1H3,(H,16,17,18). The topological polar surface area (TPSA) is 70.8 Å². The van der Waals surface area contributed by atoms with Crippen LogP contribution < -0.4 is 10.6 Å². The molecule has 1 aliphatic heterocycles. The number of anilines is 1. The fraction of sp³-hybridized carbons (Fsp3) is 0.857. The van der Waals surface area contributed by atoms with Crippen molar-refractivity contribution in [1.29, 1.82) is 0 Å². The van der Waals surface area contributed by atoms with Crippen LogP contribution in [0, 0.1) is 17.8 Å². The van der Waals surface area contributed by atoms with E-state index in [1.807, 2.05) is 0 Å². The average molecular weight is 261 g/mol. The van der Waals surface area contributed by atoms with Crippen LogP contribution in [0.15, 0.2) is 0 Å². The number of hydrogen-bond acceptors (Lipinski definition) is 4. The Balaban J connectivity index is 1.46. The number of rotatable bonds is 2. The Hall–Kier alpha value is -1.10. The minimum absolute atomic E-state index is 0.246. The van der Waals surface area contributed by atoms with Gasteiger partial charge >= 0.3 is 0 Å². The summed E-state index contributed by atoms with van der Waals surface area (Å²) in [5, 5.41) is 7.60. The lowest BCUT2D eigenvalue weighted by Gasteiger charge is -2.34. The van der Waals surface area contributed by atoms with Crippen molar-refractivity contribution in [2.24, 2.45) is 23.5 Å². The van der Waals surface area contributed by atoms with E-state index in [1.54, 1.807) is 0 Å². The summed E-state index contributed by atoms with van der Waals surface area (Å²) >= 11 is 0. The number of hydrogen-bond donors (Lipinski definition) is 2. The summed E-state index contributed by atoms with van der Waals surface area (Å²) in [6.45, 7) is 4.15. The second kappa shape index (κ2) is 4.20. The van der Waals surface area contributed by atoms with E-state index in [1.165, 1.54) is 19.3 Å². The Kier molecular flexibility index (Phi) is 2.59. The minimum Gasteiger partial charge on any atom is -0.338 e. The summed E-state index contributed by atoms with van der Waals surface area (Å²) in [5.41, 5.74) is 6.15. The van der Waals surface area contributed by atoms with Gasteiger partial charge in [0.25, 0.3) is 0 Å². The first-order valence-electron chi connectivity index (χ1n) is 7.67. The highest BCUT2D eigenvalue weighted by atomic mass is 15.4. The summed E-state index contributed by atoms with van der Waals surface area (Å²) in [5.74, 6) is 5.05. The van der Waals surface area contributed by atoms with Crippen LogP contribution in [0.5, 0.6) is 0 Å². The largest absolute Gasteiger partial charge is 0.338 e. The smallest absolute Gasteiger partial charge is 0.244 e. The van der Waals surface area contributed by atoms with Crippen molar-refractivity contribution in [1.82, 2.24) is 15.2 Å². The van der Waals surface area contributed by atoms with Gasteiger partial charge in [-0.2, -0.15) is 4.98 Å². The van der Waals surface area contributed by atoms with E-state index >= 15 is 0 Å². The molecule has 5 nitrogen and oxygen atoms in total. The number of nitrogens with one attached hydrogen (secondary N) is 1. The molecule has 1 aromatic rings. The molecule has 4 unspecified atom stereocenters. The lowest BCUT2D eigenvalue weighted by Crippen LogP contribution is -2.48. The molecule has 3 fully saturated rings. The third-order valence-corrected chi connectivity index (χ3v) is 5.51. The molecule has 1 saturated heterocycles. The summed E-state index contributed by atoms with van der Waals surface area (Å²) in [4.78, 5) is 6.98. The van der Waals surface area contributed by atoms with Crippen molar-refractivity contribution < 1.29 is 0 Å². The van der Waals surface area contributed by atoms with Crippen LogP contribution in [0.3, 0.4) is 0 Å². The Morgan fingerprint density at radius 2 is 2.05 bits per heavy atom. The molecule has 0 bridgehead atoms. The van der Waals surface area contributed by atoms with Crippen molar-refractivity contribution in [2.75, 3.05) is 18.0 Å². The number of piperidine rings is 1. The third-order valence-electron chi connectivity index (χ3n) is 5.51. The highest BCUT2D eigenvalue weighted by Crippen LogP contribution is 2.62. The van der Waals surface area contributed by atoms with Gasteiger partial charge in [-0.3, -0.25) is 5.10 Å². The Labute approximate surface area is 114 Å². The monoisotopic (exact) mass is 261 g/mol. The fourth-order valence-electron chi connectivity index (χ4n) is 4.06. The van der Waals surface area contributed by atoms with E-state index in [-0.39, 0.29) is 6.04 Å². The average Bonchev–Trinajstić information content (AvgIpc) is 2.86. The summed E-state index contributed by atoms with van der Waals surface area (Å²) < 4.78 is 0. The number of aromatic nitrogens is 3. The van der Waals surface area contributed by atoms with Gasteiger partial charge in [-0.15, -0.1) is 5.10 Å². The molecular weight excluding hydrogens is 238 g/mol. The van der Waals surface area contributed by atoms with Gasteiger partial charge in [-0.1, -0.05) is 13.3 Å². The molecule has 0 radical (unpaired) electrons. The van der Waals surface area contributed by atoms with Crippen LogP contribution >= 0.6 is 0 Å². The number of nitrogens with zero attached hydrogens (tertiary/aromatic N) is 3. The van der Waals surface area contributed by atoms with Crippen LogP contribution in [-0.4, -0.2) is 34.3 Å². The van der Waals surface area contributed by atoms with E-state index in [2.05, 4.69) is 22.0 Å². The molecule has 3 aliphatic rings. The third kappa shape index (κ3) is 1.86. The molecule has 5 heteroatoms. The Morgan fingerprint density at radius 1 is 1.26 bits per heavy atom. The van der Waals surface area contributed by atoms with Gasteiger partial charge in [-0.05, 0) is 37.0 Å². The second-order valence-electron chi connectivity index (χ2n) is 6.68. The molecule has 0 aromatic carbocycles. The predicted octanol–water partition coefficient (Wildman–Crippen LogP) is 1.49. The van der Waals surface area contributed by atoms with E-state index in [0.29, 0.717) is 11.8 Å². The van der Waals surface area contributed by atoms with Gasteiger partial charge in [0.05, 0.1) is 0 Å². The minimum atomic E-state index is 0.246. The molecule has 0 amide bonds. The lowest BCUT2D eigenvalue weighted by atomic mass is 9.95. The van der Waals surface area contributed by atoms with Crippen molar-refractivity contribution in [3.05, 3.63) is 5.82 Å². The van der Waals surface area contributed by atoms with Crippen LogP contribution in [-0.2, 0) is 0 Å². The van der Waals surface area contributed by atoms with Gasteiger partial charge in [0, 0.05) is 25.0 Å². The molecule has 3 N–H and O–H groups in total. The maximum absolute atomic E-state index is 6.15. The SMILES string of the molecule is CC1CCN(c2n[nH]c(C3C4CCCC43)n2)CC1N. The Bertz CT molecular complexity index is 460. The number of fused-ring (bicyclic) bond motifs is 1. The first-order chi connectivity index (χ1) is 9.24. The maximum Gasteiger partial charge on any atom is 0.244 e. The van der Waals surface area contributed by atoms with Gasteiger partial charge in [-0.25, -0.2) is 0 Å². The zero-order valence-corrected chi connectivity index (χ0v) is 11.5. The first-order valence-corrected chi connectivity index (χ1v) is 7.67. The van der Waals surface area contributed by atoms with Crippen LogP contribution in [0.2, 0.25) is 0 Å².